The summed E-state index contributed by atoms with van der Waals surface area (Å²) >= 11 is 0. The number of nitrogens with zero attached hydrogens (tertiary/aromatic N) is 1. The summed E-state index contributed by atoms with van der Waals surface area (Å²) in [5.74, 6) is 0. The van der Waals surface area contributed by atoms with Crippen LogP contribution in [0.2, 0.25) is 0 Å². The van der Waals surface area contributed by atoms with Crippen molar-refractivity contribution in [1.82, 2.24) is 4.90 Å². The topological polar surface area (TPSA) is 3.24 Å². The molecular formula is C10H19N. The van der Waals surface area contributed by atoms with Crippen molar-refractivity contribution in [2.24, 2.45) is 0 Å². The molecule has 0 atom stereocenters. The predicted molar refractivity (Wildman–Crippen MR) is 47.7 cm³/mol. The van der Waals surface area contributed by atoms with Gasteiger partial charge < -0.3 is 4.90 Å². The van der Waals surface area contributed by atoms with Crippen molar-refractivity contribution in [3.8, 4) is 0 Å². The van der Waals surface area contributed by atoms with Gasteiger partial charge in [0.1, 0.15) is 0 Å². The number of hydrogen-bond donors (Lipinski definition) is 0. The van der Waals surface area contributed by atoms with Gasteiger partial charge in [-0.25, -0.2) is 0 Å². The van der Waals surface area contributed by atoms with Crippen molar-refractivity contribution in [3.05, 3.63) is 0 Å². The Kier molecular flexibility index (Phi) is 2.17. The lowest BCUT2D eigenvalue weighted by Gasteiger charge is -2.38. The summed E-state index contributed by atoms with van der Waals surface area (Å²) in [5, 5.41) is 0. The molecule has 2 aliphatic rings. The Labute approximate surface area is 69.8 Å². The van der Waals surface area contributed by atoms with Crippen molar-refractivity contribution in [2.75, 3.05) is 7.05 Å². The predicted octanol–water partition coefficient (Wildman–Crippen LogP) is 2.41. The summed E-state index contributed by atoms with van der Waals surface area (Å²) < 4.78 is 0. The molecule has 0 unspecified atom stereocenters. The summed E-state index contributed by atoms with van der Waals surface area (Å²) in [6, 6.07) is 1.90. The van der Waals surface area contributed by atoms with Gasteiger partial charge in [-0.05, 0) is 32.7 Å². The Bertz CT molecular complexity index is 123. The van der Waals surface area contributed by atoms with Gasteiger partial charge in [0.15, 0.2) is 0 Å². The van der Waals surface area contributed by atoms with E-state index in [9.17, 15) is 0 Å². The molecule has 0 aliphatic heterocycles. The van der Waals surface area contributed by atoms with Crippen molar-refractivity contribution >= 4 is 0 Å². The molecule has 0 radical (unpaired) electrons. The first-order chi connectivity index (χ1) is 5.38. The van der Waals surface area contributed by atoms with Crippen LogP contribution in [0.15, 0.2) is 0 Å². The molecule has 1 heteroatoms. The maximum absolute atomic E-state index is 2.65. The molecule has 0 aromatic rings. The highest BCUT2D eigenvalue weighted by molar-refractivity contribution is 4.84. The highest BCUT2D eigenvalue weighted by atomic mass is 15.2. The molecule has 2 rings (SSSR count). The van der Waals surface area contributed by atoms with Crippen LogP contribution in [0.25, 0.3) is 0 Å². The summed E-state index contributed by atoms with van der Waals surface area (Å²) in [6.07, 6.45) is 10.3. The van der Waals surface area contributed by atoms with Crippen LogP contribution in [0.3, 0.4) is 0 Å². The minimum absolute atomic E-state index is 0.945. The van der Waals surface area contributed by atoms with E-state index in [0.29, 0.717) is 0 Å². The lowest BCUT2D eigenvalue weighted by molar-refractivity contribution is 0.112. The molecule has 64 valence electrons. The second-order valence-electron chi connectivity index (χ2n) is 4.19. The molecule has 0 spiro atoms. The largest absolute Gasteiger partial charge is 0.300 e. The molecular weight excluding hydrogens is 134 g/mol. The van der Waals surface area contributed by atoms with Gasteiger partial charge in [0.25, 0.3) is 0 Å². The Morgan fingerprint density at radius 2 is 1.27 bits per heavy atom. The van der Waals surface area contributed by atoms with Crippen molar-refractivity contribution in [1.29, 1.82) is 0 Å². The fraction of sp³-hybridized carbons (Fsp3) is 1.00. The van der Waals surface area contributed by atoms with Gasteiger partial charge in [0.2, 0.25) is 0 Å². The molecule has 0 aromatic carbocycles. The standard InChI is InChI=1S/C10H19N/c1-11(10-7-4-8-10)9-5-2-3-6-9/h9-10H,2-8H2,1H3. The molecule has 0 N–H and O–H groups in total. The van der Waals surface area contributed by atoms with Gasteiger partial charge in [-0.2, -0.15) is 0 Å². The summed E-state index contributed by atoms with van der Waals surface area (Å²) in [5.41, 5.74) is 0. The van der Waals surface area contributed by atoms with Gasteiger partial charge in [0, 0.05) is 12.1 Å². The molecule has 0 amide bonds. The normalized spacial score (nSPS) is 27.8. The lowest BCUT2D eigenvalue weighted by atomic mass is 9.90. The third kappa shape index (κ3) is 1.44. The van der Waals surface area contributed by atoms with E-state index in [1.807, 2.05) is 0 Å². The smallest absolute Gasteiger partial charge is 0.00951 e. The number of hydrogen-bond acceptors (Lipinski definition) is 1. The zero-order valence-electron chi connectivity index (χ0n) is 7.55. The Hall–Kier alpha value is -0.0400. The highest BCUT2D eigenvalue weighted by Gasteiger charge is 2.28. The van der Waals surface area contributed by atoms with Gasteiger partial charge in [-0.1, -0.05) is 19.3 Å². The van der Waals surface area contributed by atoms with Crippen LogP contribution in [0, 0.1) is 0 Å². The van der Waals surface area contributed by atoms with E-state index >= 15 is 0 Å². The highest BCUT2D eigenvalue weighted by Crippen LogP contribution is 2.30. The fourth-order valence-electron chi connectivity index (χ4n) is 2.40. The van der Waals surface area contributed by atoms with Crippen LogP contribution < -0.4 is 0 Å². The molecule has 0 aromatic heterocycles. The van der Waals surface area contributed by atoms with Crippen LogP contribution >= 0.6 is 0 Å². The monoisotopic (exact) mass is 153 g/mol. The van der Waals surface area contributed by atoms with E-state index in [1.54, 1.807) is 0 Å². The van der Waals surface area contributed by atoms with Gasteiger partial charge >= 0.3 is 0 Å². The Morgan fingerprint density at radius 1 is 0.818 bits per heavy atom. The van der Waals surface area contributed by atoms with Crippen LogP contribution in [-0.4, -0.2) is 24.0 Å². The minimum Gasteiger partial charge on any atom is -0.300 e. The van der Waals surface area contributed by atoms with Gasteiger partial charge in [-0.3, -0.25) is 0 Å². The maximum Gasteiger partial charge on any atom is 0.00951 e. The first-order valence-electron chi connectivity index (χ1n) is 5.10. The van der Waals surface area contributed by atoms with Crippen molar-refractivity contribution in [2.45, 2.75) is 57.0 Å². The quantitative estimate of drug-likeness (QED) is 0.589. The molecule has 0 heterocycles. The van der Waals surface area contributed by atoms with Gasteiger partial charge in [-0.15, -0.1) is 0 Å². The first kappa shape index (κ1) is 7.60. The first-order valence-corrected chi connectivity index (χ1v) is 5.10. The van der Waals surface area contributed by atoms with Crippen LogP contribution in [0.1, 0.15) is 44.9 Å². The van der Waals surface area contributed by atoms with Crippen LogP contribution in [0.5, 0.6) is 0 Å². The van der Waals surface area contributed by atoms with E-state index in [1.165, 1.54) is 44.9 Å². The van der Waals surface area contributed by atoms with Crippen LogP contribution in [-0.2, 0) is 0 Å². The molecule has 2 aliphatic carbocycles. The molecule has 0 saturated heterocycles. The fourth-order valence-corrected chi connectivity index (χ4v) is 2.40. The third-order valence-corrected chi connectivity index (χ3v) is 3.55. The van der Waals surface area contributed by atoms with E-state index in [-0.39, 0.29) is 0 Å². The number of rotatable bonds is 2. The SMILES string of the molecule is CN(C1CCCC1)C1CCC1. The molecule has 2 fully saturated rings. The lowest BCUT2D eigenvalue weighted by Crippen LogP contribution is -2.42. The molecule has 2 saturated carbocycles. The molecule has 1 nitrogen and oxygen atoms in total. The average molecular weight is 153 g/mol. The molecule has 0 bridgehead atoms. The van der Waals surface area contributed by atoms with Crippen LogP contribution in [0.4, 0.5) is 0 Å². The second-order valence-corrected chi connectivity index (χ2v) is 4.19. The van der Waals surface area contributed by atoms with Gasteiger partial charge in [0.05, 0.1) is 0 Å². The van der Waals surface area contributed by atoms with E-state index in [0.717, 1.165) is 12.1 Å². The van der Waals surface area contributed by atoms with Crippen molar-refractivity contribution in [3.63, 3.8) is 0 Å². The average Bonchev–Trinajstić information content (AvgIpc) is 2.32. The zero-order chi connectivity index (χ0) is 7.68. The Morgan fingerprint density at radius 3 is 1.64 bits per heavy atom. The third-order valence-electron chi connectivity index (χ3n) is 3.55. The van der Waals surface area contributed by atoms with E-state index in [4.69, 9.17) is 0 Å². The maximum atomic E-state index is 2.65. The Balaban J connectivity index is 1.82. The zero-order valence-corrected chi connectivity index (χ0v) is 7.55. The molecule has 11 heavy (non-hydrogen) atoms. The van der Waals surface area contributed by atoms with Crippen molar-refractivity contribution < 1.29 is 0 Å². The summed E-state index contributed by atoms with van der Waals surface area (Å²) in [4.78, 5) is 2.65. The van der Waals surface area contributed by atoms with E-state index < -0.39 is 0 Å². The summed E-state index contributed by atoms with van der Waals surface area (Å²) in [6.45, 7) is 0. The second kappa shape index (κ2) is 3.14. The van der Waals surface area contributed by atoms with E-state index in [2.05, 4.69) is 11.9 Å². The summed E-state index contributed by atoms with van der Waals surface area (Å²) in [7, 11) is 2.33. The minimum atomic E-state index is 0.945.